The minimum atomic E-state index is 0.0643. The topological polar surface area (TPSA) is 17.1 Å². The first-order chi connectivity index (χ1) is 5.81. The molecule has 1 aromatic rings. The van der Waals surface area contributed by atoms with Crippen molar-refractivity contribution in [1.29, 1.82) is 0 Å². The highest BCUT2D eigenvalue weighted by molar-refractivity contribution is 7.14. The molecule has 0 radical (unpaired) electrons. The molecule has 0 atom stereocenters. The number of ketones is 1. The Balaban J connectivity index is 2.37. The Hall–Kier alpha value is -0.890. The van der Waals surface area contributed by atoms with E-state index in [1.54, 1.807) is 11.3 Å². The molecule has 1 nitrogen and oxygen atoms in total. The smallest absolute Gasteiger partial charge is 0.195 e. The highest BCUT2D eigenvalue weighted by Gasteiger charge is 2.16. The standard InChI is InChI=1S/C10H10OS/c1-2-8(11)10-6-7-4-3-5-9(7)12-10/h2,6H,1,3-5H2. The number of hydrogen-bond acceptors (Lipinski definition) is 2. The lowest BCUT2D eigenvalue weighted by Gasteiger charge is -1.87. The second-order valence-corrected chi connectivity index (χ2v) is 4.12. The summed E-state index contributed by atoms with van der Waals surface area (Å²) in [6, 6.07) is 2.02. The number of aryl methyl sites for hydroxylation is 2. The fourth-order valence-electron chi connectivity index (χ4n) is 1.55. The van der Waals surface area contributed by atoms with Crippen LogP contribution in [0.4, 0.5) is 0 Å². The molecule has 1 heterocycles. The predicted octanol–water partition coefficient (Wildman–Crippen LogP) is 2.61. The van der Waals surface area contributed by atoms with E-state index >= 15 is 0 Å². The number of carbonyl (C=O) groups is 1. The van der Waals surface area contributed by atoms with Gasteiger partial charge in [0.1, 0.15) is 0 Å². The van der Waals surface area contributed by atoms with Crippen LogP contribution in [-0.2, 0) is 12.8 Å². The fraction of sp³-hybridized carbons (Fsp3) is 0.300. The van der Waals surface area contributed by atoms with E-state index < -0.39 is 0 Å². The van der Waals surface area contributed by atoms with Gasteiger partial charge in [0.05, 0.1) is 4.88 Å². The summed E-state index contributed by atoms with van der Waals surface area (Å²) in [5.41, 5.74) is 1.38. The molecule has 0 saturated heterocycles. The lowest BCUT2D eigenvalue weighted by molar-refractivity contribution is 0.105. The van der Waals surface area contributed by atoms with E-state index in [1.807, 2.05) is 6.07 Å². The summed E-state index contributed by atoms with van der Waals surface area (Å²) in [6.45, 7) is 3.48. The predicted molar refractivity (Wildman–Crippen MR) is 50.9 cm³/mol. The van der Waals surface area contributed by atoms with E-state index in [4.69, 9.17) is 0 Å². The van der Waals surface area contributed by atoms with Crippen LogP contribution in [0.25, 0.3) is 0 Å². The molecule has 2 rings (SSSR count). The van der Waals surface area contributed by atoms with Gasteiger partial charge in [-0.1, -0.05) is 6.58 Å². The van der Waals surface area contributed by atoms with Crippen molar-refractivity contribution in [2.75, 3.05) is 0 Å². The number of thiophene rings is 1. The van der Waals surface area contributed by atoms with Crippen molar-refractivity contribution >= 4 is 17.1 Å². The molecule has 1 aliphatic carbocycles. The fourth-order valence-corrected chi connectivity index (χ4v) is 2.74. The number of allylic oxidation sites excluding steroid dienone is 1. The summed E-state index contributed by atoms with van der Waals surface area (Å²) < 4.78 is 0. The maximum atomic E-state index is 11.2. The van der Waals surface area contributed by atoms with Gasteiger partial charge in [-0.15, -0.1) is 11.3 Å². The Morgan fingerprint density at radius 1 is 1.58 bits per heavy atom. The van der Waals surface area contributed by atoms with Crippen LogP contribution in [0, 0.1) is 0 Å². The van der Waals surface area contributed by atoms with Gasteiger partial charge in [0.2, 0.25) is 0 Å². The molecule has 0 aromatic carbocycles. The maximum absolute atomic E-state index is 11.2. The first kappa shape index (κ1) is 7.74. The minimum absolute atomic E-state index is 0.0643. The van der Waals surface area contributed by atoms with Crippen LogP contribution in [-0.4, -0.2) is 5.78 Å². The highest BCUT2D eigenvalue weighted by atomic mass is 32.1. The Labute approximate surface area is 75.7 Å². The molecule has 12 heavy (non-hydrogen) atoms. The molecular weight excluding hydrogens is 168 g/mol. The van der Waals surface area contributed by atoms with Gasteiger partial charge in [-0.2, -0.15) is 0 Å². The zero-order valence-corrected chi connectivity index (χ0v) is 7.62. The minimum Gasteiger partial charge on any atom is -0.288 e. The van der Waals surface area contributed by atoms with Gasteiger partial charge in [-0.05, 0) is 37.0 Å². The Morgan fingerprint density at radius 3 is 3.08 bits per heavy atom. The number of carbonyl (C=O) groups excluding carboxylic acids is 1. The molecule has 0 unspecified atom stereocenters. The largest absolute Gasteiger partial charge is 0.288 e. The highest BCUT2D eigenvalue weighted by Crippen LogP contribution is 2.30. The van der Waals surface area contributed by atoms with Crippen LogP contribution >= 0.6 is 11.3 Å². The number of rotatable bonds is 2. The van der Waals surface area contributed by atoms with E-state index in [-0.39, 0.29) is 5.78 Å². The van der Waals surface area contributed by atoms with Crippen molar-refractivity contribution in [2.24, 2.45) is 0 Å². The zero-order chi connectivity index (χ0) is 8.55. The third kappa shape index (κ3) is 1.12. The van der Waals surface area contributed by atoms with Gasteiger partial charge in [-0.25, -0.2) is 0 Å². The third-order valence-corrected chi connectivity index (χ3v) is 3.43. The van der Waals surface area contributed by atoms with Crippen molar-refractivity contribution in [3.8, 4) is 0 Å². The van der Waals surface area contributed by atoms with Gasteiger partial charge in [-0.3, -0.25) is 4.79 Å². The van der Waals surface area contributed by atoms with Crippen LogP contribution in [0.5, 0.6) is 0 Å². The molecular formula is C10H10OS. The van der Waals surface area contributed by atoms with Crippen molar-refractivity contribution in [3.63, 3.8) is 0 Å². The Bertz CT molecular complexity index is 314. The van der Waals surface area contributed by atoms with Crippen LogP contribution < -0.4 is 0 Å². The van der Waals surface area contributed by atoms with Gasteiger partial charge >= 0.3 is 0 Å². The molecule has 0 aliphatic heterocycles. The molecule has 62 valence electrons. The van der Waals surface area contributed by atoms with Gasteiger partial charge in [0, 0.05) is 4.88 Å². The second kappa shape index (κ2) is 2.87. The average molecular weight is 178 g/mol. The van der Waals surface area contributed by atoms with Crippen molar-refractivity contribution in [2.45, 2.75) is 19.3 Å². The first-order valence-electron chi connectivity index (χ1n) is 4.09. The second-order valence-electron chi connectivity index (χ2n) is 2.98. The monoisotopic (exact) mass is 178 g/mol. The molecule has 0 amide bonds. The molecule has 0 saturated carbocycles. The van der Waals surface area contributed by atoms with E-state index in [0.717, 1.165) is 17.7 Å². The van der Waals surface area contributed by atoms with Crippen molar-refractivity contribution < 1.29 is 4.79 Å². The lowest BCUT2D eigenvalue weighted by atomic mass is 10.2. The molecule has 0 spiro atoms. The van der Waals surface area contributed by atoms with Gasteiger partial charge in [0.15, 0.2) is 5.78 Å². The maximum Gasteiger partial charge on any atom is 0.195 e. The van der Waals surface area contributed by atoms with E-state index in [1.165, 1.54) is 22.9 Å². The van der Waals surface area contributed by atoms with E-state index in [2.05, 4.69) is 6.58 Å². The summed E-state index contributed by atoms with van der Waals surface area (Å²) in [5, 5.41) is 0. The first-order valence-corrected chi connectivity index (χ1v) is 4.91. The lowest BCUT2D eigenvalue weighted by Crippen LogP contribution is -1.87. The SMILES string of the molecule is C=CC(=O)c1cc2c(s1)CCC2. The summed E-state index contributed by atoms with van der Waals surface area (Å²) >= 11 is 1.63. The van der Waals surface area contributed by atoms with E-state index in [0.29, 0.717) is 0 Å². The normalized spacial score (nSPS) is 14.3. The average Bonchev–Trinajstić information content (AvgIpc) is 2.60. The summed E-state index contributed by atoms with van der Waals surface area (Å²) in [6.07, 6.45) is 4.95. The molecule has 0 fully saturated rings. The molecule has 1 aliphatic rings. The summed E-state index contributed by atoms with van der Waals surface area (Å²) in [7, 11) is 0. The number of fused-ring (bicyclic) bond motifs is 1. The summed E-state index contributed by atoms with van der Waals surface area (Å²) in [4.78, 5) is 13.5. The number of hydrogen-bond donors (Lipinski definition) is 0. The van der Waals surface area contributed by atoms with Crippen molar-refractivity contribution in [3.05, 3.63) is 34.0 Å². The molecule has 2 heteroatoms. The molecule has 0 bridgehead atoms. The summed E-state index contributed by atoms with van der Waals surface area (Å²) in [5.74, 6) is 0.0643. The third-order valence-electron chi connectivity index (χ3n) is 2.17. The van der Waals surface area contributed by atoms with Gasteiger partial charge < -0.3 is 0 Å². The van der Waals surface area contributed by atoms with Crippen molar-refractivity contribution in [1.82, 2.24) is 0 Å². The van der Waals surface area contributed by atoms with Crippen LogP contribution in [0.15, 0.2) is 18.7 Å². The van der Waals surface area contributed by atoms with E-state index in [9.17, 15) is 4.79 Å². The van der Waals surface area contributed by atoms with Crippen LogP contribution in [0.3, 0.4) is 0 Å². The Morgan fingerprint density at radius 2 is 2.42 bits per heavy atom. The quantitative estimate of drug-likeness (QED) is 0.502. The Kier molecular flexibility index (Phi) is 1.85. The van der Waals surface area contributed by atoms with Gasteiger partial charge in [0.25, 0.3) is 0 Å². The zero-order valence-electron chi connectivity index (χ0n) is 6.80. The van der Waals surface area contributed by atoms with Crippen LogP contribution in [0.1, 0.15) is 26.5 Å². The van der Waals surface area contributed by atoms with Crippen LogP contribution in [0.2, 0.25) is 0 Å². The molecule has 1 aromatic heterocycles. The molecule has 0 N–H and O–H groups in total.